The van der Waals surface area contributed by atoms with Crippen LogP contribution in [-0.2, 0) is 14.3 Å². The number of aryl methyl sites for hydroxylation is 2. The maximum Gasteiger partial charge on any atom is 0.322 e. The molecule has 3 amide bonds. The summed E-state index contributed by atoms with van der Waals surface area (Å²) in [6, 6.07) is -0.614. The molecule has 10 heteroatoms. The maximum atomic E-state index is 13.1. The lowest BCUT2D eigenvalue weighted by atomic mass is 9.95. The first-order chi connectivity index (χ1) is 13.9. The highest BCUT2D eigenvalue weighted by Crippen LogP contribution is 2.29. The van der Waals surface area contributed by atoms with Gasteiger partial charge in [0.1, 0.15) is 17.5 Å². The number of anilines is 1. The van der Waals surface area contributed by atoms with Gasteiger partial charge in [-0.1, -0.05) is 5.16 Å². The Morgan fingerprint density at radius 3 is 2.76 bits per heavy atom. The van der Waals surface area contributed by atoms with E-state index in [1.54, 1.807) is 18.7 Å². The fraction of sp³-hybridized carbons (Fsp3) is 0.737. The molecule has 0 aromatic carbocycles. The second kappa shape index (κ2) is 9.55. The lowest BCUT2D eigenvalue weighted by Gasteiger charge is -2.44. The highest BCUT2D eigenvalue weighted by atomic mass is 16.5. The molecule has 0 saturated carbocycles. The second-order valence-electron chi connectivity index (χ2n) is 7.57. The van der Waals surface area contributed by atoms with Crippen molar-refractivity contribution >= 4 is 17.6 Å². The average molecular weight is 410 g/mol. The van der Waals surface area contributed by atoms with Gasteiger partial charge in [-0.3, -0.25) is 4.79 Å². The number of nitrogens with zero attached hydrogens (tertiary/aromatic N) is 2. The average Bonchev–Trinajstić information content (AvgIpc) is 2.97. The second-order valence-corrected chi connectivity index (χ2v) is 7.57. The van der Waals surface area contributed by atoms with Crippen LogP contribution in [0.25, 0.3) is 0 Å². The van der Waals surface area contributed by atoms with Gasteiger partial charge in [0, 0.05) is 6.54 Å². The number of aliphatic hydroxyl groups excluding tert-OH is 1. The smallest absolute Gasteiger partial charge is 0.322 e. The molecular weight excluding hydrogens is 380 g/mol. The third kappa shape index (κ3) is 5.26. The van der Waals surface area contributed by atoms with E-state index in [-0.39, 0.29) is 56.4 Å². The van der Waals surface area contributed by atoms with E-state index in [4.69, 9.17) is 14.0 Å². The van der Waals surface area contributed by atoms with Crippen LogP contribution in [0.2, 0.25) is 0 Å². The lowest BCUT2D eigenvalue weighted by Crippen LogP contribution is -2.58. The number of aromatic nitrogens is 1. The Labute approximate surface area is 169 Å². The van der Waals surface area contributed by atoms with Gasteiger partial charge in [-0.25, -0.2) is 4.79 Å². The normalized spacial score (nSPS) is 27.5. The number of aliphatic hydroxyl groups is 1. The minimum atomic E-state index is -0.792. The Morgan fingerprint density at radius 1 is 1.28 bits per heavy atom. The zero-order chi connectivity index (χ0) is 21.0. The van der Waals surface area contributed by atoms with E-state index in [0.29, 0.717) is 36.5 Å². The van der Waals surface area contributed by atoms with Crippen molar-refractivity contribution in [1.82, 2.24) is 15.4 Å². The molecule has 3 heterocycles. The molecule has 1 aromatic rings. The van der Waals surface area contributed by atoms with Gasteiger partial charge in [-0.05, 0) is 33.6 Å². The molecule has 2 aliphatic heterocycles. The maximum absolute atomic E-state index is 13.1. The van der Waals surface area contributed by atoms with Gasteiger partial charge in [-0.2, -0.15) is 0 Å². The number of β-amino-alcohol motifs (C(OH)–C–C–N with tert-alkyl or cyclic N) is 1. The monoisotopic (exact) mass is 410 g/mol. The van der Waals surface area contributed by atoms with Gasteiger partial charge >= 0.3 is 6.03 Å². The molecule has 0 unspecified atom stereocenters. The molecule has 0 bridgehead atoms. The summed E-state index contributed by atoms with van der Waals surface area (Å²) in [5.74, 6) is 0.469. The molecule has 29 heavy (non-hydrogen) atoms. The van der Waals surface area contributed by atoms with Gasteiger partial charge in [-0.15, -0.1) is 0 Å². The van der Waals surface area contributed by atoms with E-state index < -0.39 is 6.10 Å². The SMILES string of the molecule is CCNC(=O)C[C@H]1CC[C@H]2[C@@H](COC[C@@H](O)CN2C(=O)Nc2c(C)noc2C)O1. The van der Waals surface area contributed by atoms with Crippen molar-refractivity contribution in [2.45, 2.75) is 64.4 Å². The molecule has 2 aliphatic rings. The van der Waals surface area contributed by atoms with E-state index in [9.17, 15) is 14.7 Å². The first-order valence-electron chi connectivity index (χ1n) is 10.1. The minimum absolute atomic E-state index is 0.0499. The largest absolute Gasteiger partial charge is 0.389 e. The summed E-state index contributed by atoms with van der Waals surface area (Å²) in [5.41, 5.74) is 1.12. The molecule has 0 radical (unpaired) electrons. The molecular formula is C19H30N4O6. The Balaban J connectivity index is 1.72. The van der Waals surface area contributed by atoms with Crippen molar-refractivity contribution in [2.24, 2.45) is 0 Å². The van der Waals surface area contributed by atoms with Gasteiger partial charge < -0.3 is 34.6 Å². The Bertz CT molecular complexity index is 704. The number of nitrogens with one attached hydrogen (secondary N) is 2. The Morgan fingerprint density at radius 2 is 2.07 bits per heavy atom. The molecule has 162 valence electrons. The van der Waals surface area contributed by atoms with Crippen LogP contribution in [-0.4, -0.2) is 77.8 Å². The van der Waals surface area contributed by atoms with Crippen molar-refractivity contribution < 1.29 is 28.7 Å². The van der Waals surface area contributed by atoms with Crippen LogP contribution in [0.4, 0.5) is 10.5 Å². The van der Waals surface area contributed by atoms with Crippen LogP contribution in [0, 0.1) is 13.8 Å². The Kier molecular flexibility index (Phi) is 7.09. The van der Waals surface area contributed by atoms with Crippen LogP contribution in [0.5, 0.6) is 0 Å². The molecule has 2 fully saturated rings. The van der Waals surface area contributed by atoms with Crippen LogP contribution in [0.15, 0.2) is 4.52 Å². The third-order valence-electron chi connectivity index (χ3n) is 5.29. The first-order valence-corrected chi connectivity index (χ1v) is 10.1. The number of carbonyl (C=O) groups is 2. The Hall–Kier alpha value is -2.17. The summed E-state index contributed by atoms with van der Waals surface area (Å²) in [5, 5.41) is 19.7. The predicted octanol–water partition coefficient (Wildman–Crippen LogP) is 0.959. The third-order valence-corrected chi connectivity index (χ3v) is 5.29. The van der Waals surface area contributed by atoms with E-state index in [0.717, 1.165) is 0 Å². The van der Waals surface area contributed by atoms with E-state index in [1.807, 2.05) is 6.92 Å². The molecule has 4 atom stereocenters. The molecule has 0 spiro atoms. The zero-order valence-electron chi connectivity index (χ0n) is 17.1. The van der Waals surface area contributed by atoms with Crippen molar-refractivity contribution in [3.63, 3.8) is 0 Å². The van der Waals surface area contributed by atoms with Gasteiger partial charge in [0.2, 0.25) is 5.91 Å². The fourth-order valence-corrected chi connectivity index (χ4v) is 3.89. The number of hydrogen-bond donors (Lipinski definition) is 3. The van der Waals surface area contributed by atoms with Gasteiger partial charge in [0.15, 0.2) is 5.76 Å². The predicted molar refractivity (Wildman–Crippen MR) is 104 cm³/mol. The van der Waals surface area contributed by atoms with Crippen molar-refractivity contribution in [2.75, 3.05) is 31.6 Å². The van der Waals surface area contributed by atoms with Crippen LogP contribution in [0.1, 0.15) is 37.6 Å². The van der Waals surface area contributed by atoms with E-state index in [1.165, 1.54) is 0 Å². The number of ether oxygens (including phenoxy) is 2. The van der Waals surface area contributed by atoms with Gasteiger partial charge in [0.25, 0.3) is 0 Å². The van der Waals surface area contributed by atoms with Crippen molar-refractivity contribution in [3.05, 3.63) is 11.5 Å². The number of fused-ring (bicyclic) bond motifs is 1. The zero-order valence-corrected chi connectivity index (χ0v) is 17.1. The standard InChI is InChI=1S/C19H30N4O6/c1-4-20-17(25)7-14-5-6-15-16(28-14)10-27-9-13(24)8-23(15)19(26)21-18-11(2)22-29-12(18)3/h13-16,24H,4-10H2,1-3H3,(H,20,25)(H,21,26)/t13-,14+,15-,16+/m0/s1. The molecule has 1 aromatic heterocycles. The summed E-state index contributed by atoms with van der Waals surface area (Å²) in [7, 11) is 0. The molecule has 10 nitrogen and oxygen atoms in total. The van der Waals surface area contributed by atoms with Crippen LogP contribution >= 0.6 is 0 Å². The summed E-state index contributed by atoms with van der Waals surface area (Å²) in [6.07, 6.45) is 0.197. The lowest BCUT2D eigenvalue weighted by molar-refractivity contribution is -0.149. The quantitative estimate of drug-likeness (QED) is 0.675. The molecule has 2 saturated heterocycles. The minimum Gasteiger partial charge on any atom is -0.389 e. The van der Waals surface area contributed by atoms with E-state index >= 15 is 0 Å². The van der Waals surface area contributed by atoms with Gasteiger partial charge in [0.05, 0.1) is 44.4 Å². The molecule has 3 N–H and O–H groups in total. The highest BCUT2D eigenvalue weighted by Gasteiger charge is 2.40. The van der Waals surface area contributed by atoms with E-state index in [2.05, 4.69) is 15.8 Å². The highest BCUT2D eigenvalue weighted by molar-refractivity contribution is 5.90. The topological polar surface area (TPSA) is 126 Å². The number of amides is 3. The van der Waals surface area contributed by atoms with Crippen LogP contribution in [0.3, 0.4) is 0 Å². The number of hydrogen-bond acceptors (Lipinski definition) is 7. The van der Waals surface area contributed by atoms with Crippen molar-refractivity contribution in [1.29, 1.82) is 0 Å². The number of urea groups is 1. The summed E-state index contributed by atoms with van der Waals surface area (Å²) in [6.45, 7) is 6.42. The number of rotatable bonds is 4. The summed E-state index contributed by atoms with van der Waals surface area (Å²) in [4.78, 5) is 26.6. The van der Waals surface area contributed by atoms with Crippen molar-refractivity contribution in [3.8, 4) is 0 Å². The summed E-state index contributed by atoms with van der Waals surface area (Å²) < 4.78 is 16.8. The summed E-state index contributed by atoms with van der Waals surface area (Å²) >= 11 is 0. The number of carbonyl (C=O) groups excluding carboxylic acids is 2. The fourth-order valence-electron chi connectivity index (χ4n) is 3.89. The van der Waals surface area contributed by atoms with Crippen LogP contribution < -0.4 is 10.6 Å². The molecule has 0 aliphatic carbocycles. The first kappa shape index (κ1) is 21.5. The molecule has 3 rings (SSSR count).